The van der Waals surface area contributed by atoms with Crippen LogP contribution in [0.2, 0.25) is 5.02 Å². The van der Waals surface area contributed by atoms with Crippen molar-refractivity contribution in [3.8, 4) is 5.75 Å². The summed E-state index contributed by atoms with van der Waals surface area (Å²) in [5, 5.41) is 13.0. The number of hydrogen-bond acceptors (Lipinski definition) is 3. The minimum Gasteiger partial charge on any atom is -0.482 e. The number of aliphatic carboxylic acids is 1. The van der Waals surface area contributed by atoms with E-state index in [-0.39, 0.29) is 18.1 Å². The van der Waals surface area contributed by atoms with Gasteiger partial charge in [-0.2, -0.15) is 0 Å². The Balaban J connectivity index is 2.06. The molecule has 2 aromatic carbocycles. The predicted molar refractivity (Wildman–Crippen MR) is 93.9 cm³/mol. The van der Waals surface area contributed by atoms with E-state index in [9.17, 15) is 4.79 Å². The fourth-order valence-corrected chi connectivity index (χ4v) is 3.40. The molecule has 0 saturated carbocycles. The predicted octanol–water partition coefficient (Wildman–Crippen LogP) is 3.77. The highest BCUT2D eigenvalue weighted by Gasteiger charge is 2.33. The number of ether oxygens (including phenoxy) is 1. The van der Waals surface area contributed by atoms with E-state index in [1.54, 1.807) is 12.1 Å². The Labute approximate surface area is 146 Å². The summed E-state index contributed by atoms with van der Waals surface area (Å²) in [4.78, 5) is 10.8. The lowest BCUT2D eigenvalue weighted by atomic mass is 9.75. The van der Waals surface area contributed by atoms with Gasteiger partial charge in [0.05, 0.1) is 6.04 Å². The summed E-state index contributed by atoms with van der Waals surface area (Å²) in [6, 6.07) is 13.5. The average Bonchev–Trinajstić information content (AvgIpc) is 2.54. The van der Waals surface area contributed by atoms with Crippen molar-refractivity contribution in [2.75, 3.05) is 13.2 Å². The third-order valence-corrected chi connectivity index (χ3v) is 4.62. The second kappa shape index (κ2) is 6.46. The van der Waals surface area contributed by atoms with Crippen LogP contribution in [0.1, 0.15) is 36.6 Å². The van der Waals surface area contributed by atoms with Crippen molar-refractivity contribution in [3.05, 3.63) is 64.2 Å². The van der Waals surface area contributed by atoms with Crippen molar-refractivity contribution >= 4 is 17.6 Å². The number of fused-ring (bicyclic) bond motifs is 1. The largest absolute Gasteiger partial charge is 0.482 e. The second-order valence-corrected chi connectivity index (χ2v) is 7.09. The Hall–Kier alpha value is -2.04. The number of carboxylic acids is 1. The highest BCUT2D eigenvalue weighted by atomic mass is 35.5. The zero-order chi connectivity index (χ0) is 17.3. The van der Waals surface area contributed by atoms with Gasteiger partial charge in [-0.05, 0) is 29.3 Å². The Morgan fingerprint density at radius 1 is 1.29 bits per heavy atom. The van der Waals surface area contributed by atoms with Crippen molar-refractivity contribution in [1.29, 1.82) is 0 Å². The molecule has 0 amide bonds. The van der Waals surface area contributed by atoms with Gasteiger partial charge in [-0.15, -0.1) is 0 Å². The van der Waals surface area contributed by atoms with Gasteiger partial charge in [-0.25, -0.2) is 4.79 Å². The molecule has 3 rings (SSSR count). The Morgan fingerprint density at radius 2 is 2.04 bits per heavy atom. The van der Waals surface area contributed by atoms with Crippen LogP contribution in [0.4, 0.5) is 0 Å². The molecule has 0 aromatic heterocycles. The number of rotatable bonds is 4. The molecule has 2 N–H and O–H groups in total. The van der Waals surface area contributed by atoms with Gasteiger partial charge < -0.3 is 15.2 Å². The molecule has 2 aromatic rings. The van der Waals surface area contributed by atoms with Gasteiger partial charge in [0.1, 0.15) is 5.75 Å². The van der Waals surface area contributed by atoms with E-state index < -0.39 is 5.97 Å². The first kappa shape index (κ1) is 16.8. The molecule has 1 unspecified atom stereocenters. The summed E-state index contributed by atoms with van der Waals surface area (Å²) in [6.45, 7) is 4.83. The fraction of sp³-hybridized carbons (Fsp3) is 0.316. The number of nitrogens with one attached hydrogen (secondary N) is 1. The van der Waals surface area contributed by atoms with Crippen LogP contribution < -0.4 is 10.1 Å². The summed E-state index contributed by atoms with van der Waals surface area (Å²) < 4.78 is 5.48. The molecule has 1 aliphatic heterocycles. The first-order valence-corrected chi connectivity index (χ1v) is 8.23. The van der Waals surface area contributed by atoms with E-state index in [1.807, 2.05) is 18.2 Å². The van der Waals surface area contributed by atoms with Gasteiger partial charge in [0.25, 0.3) is 0 Å². The minimum atomic E-state index is -1.01. The monoisotopic (exact) mass is 345 g/mol. The first-order valence-electron chi connectivity index (χ1n) is 7.85. The topological polar surface area (TPSA) is 58.6 Å². The molecular weight excluding hydrogens is 326 g/mol. The molecular formula is C19H20ClNO3. The number of hydrogen-bond donors (Lipinski definition) is 2. The number of halogens is 1. The third kappa shape index (κ3) is 3.25. The summed E-state index contributed by atoms with van der Waals surface area (Å²) in [5.41, 5.74) is 3.31. The van der Waals surface area contributed by atoms with Crippen LogP contribution >= 0.6 is 11.6 Å². The van der Waals surface area contributed by atoms with E-state index in [2.05, 4.69) is 31.3 Å². The van der Waals surface area contributed by atoms with Crippen molar-refractivity contribution in [2.24, 2.45) is 0 Å². The van der Waals surface area contributed by atoms with Crippen LogP contribution in [0.5, 0.6) is 5.75 Å². The molecule has 0 spiro atoms. The number of benzene rings is 2. The van der Waals surface area contributed by atoms with Gasteiger partial charge in [0.2, 0.25) is 0 Å². The quantitative estimate of drug-likeness (QED) is 0.885. The molecule has 5 heteroatoms. The van der Waals surface area contributed by atoms with Crippen LogP contribution in [0.25, 0.3) is 0 Å². The van der Waals surface area contributed by atoms with Crippen LogP contribution in [-0.4, -0.2) is 24.2 Å². The molecule has 24 heavy (non-hydrogen) atoms. The Morgan fingerprint density at radius 3 is 2.79 bits per heavy atom. The maximum absolute atomic E-state index is 10.8. The van der Waals surface area contributed by atoms with Crippen LogP contribution in [0.15, 0.2) is 42.5 Å². The molecule has 0 saturated heterocycles. The maximum Gasteiger partial charge on any atom is 0.341 e. The van der Waals surface area contributed by atoms with Gasteiger partial charge in [0.15, 0.2) is 6.61 Å². The van der Waals surface area contributed by atoms with Gasteiger partial charge >= 0.3 is 5.97 Å². The minimum absolute atomic E-state index is 0.0216. The van der Waals surface area contributed by atoms with Crippen molar-refractivity contribution in [1.82, 2.24) is 5.32 Å². The summed E-state index contributed by atoms with van der Waals surface area (Å²) in [6.07, 6.45) is 0. The lowest BCUT2D eigenvalue weighted by Gasteiger charge is -2.38. The smallest absolute Gasteiger partial charge is 0.341 e. The third-order valence-electron chi connectivity index (χ3n) is 4.38. The number of carboxylic acid groups (broad SMARTS) is 1. The molecule has 0 bridgehead atoms. The summed E-state index contributed by atoms with van der Waals surface area (Å²) >= 11 is 6.18. The molecule has 0 radical (unpaired) electrons. The number of carbonyl (C=O) groups is 1. The van der Waals surface area contributed by atoms with Crippen molar-refractivity contribution in [2.45, 2.75) is 25.3 Å². The average molecular weight is 346 g/mol. The first-order chi connectivity index (χ1) is 11.4. The SMILES string of the molecule is CC1(C)CNC(c2cc(Cl)ccc2OCC(=O)O)c2ccccc21. The zero-order valence-electron chi connectivity index (χ0n) is 13.7. The molecule has 1 aliphatic rings. The highest BCUT2D eigenvalue weighted by molar-refractivity contribution is 6.30. The van der Waals surface area contributed by atoms with E-state index in [4.69, 9.17) is 21.4 Å². The fourth-order valence-electron chi connectivity index (χ4n) is 3.22. The zero-order valence-corrected chi connectivity index (χ0v) is 14.4. The van der Waals surface area contributed by atoms with Crippen molar-refractivity contribution < 1.29 is 14.6 Å². The van der Waals surface area contributed by atoms with E-state index in [1.165, 1.54) is 5.56 Å². The van der Waals surface area contributed by atoms with E-state index in [0.29, 0.717) is 10.8 Å². The van der Waals surface area contributed by atoms with Crippen LogP contribution in [0.3, 0.4) is 0 Å². The molecule has 4 nitrogen and oxygen atoms in total. The molecule has 0 fully saturated rings. The van der Waals surface area contributed by atoms with Gasteiger partial charge in [-0.1, -0.05) is 49.7 Å². The normalized spacial score (nSPS) is 18.7. The van der Waals surface area contributed by atoms with Gasteiger partial charge in [0, 0.05) is 22.5 Å². The lowest BCUT2D eigenvalue weighted by Crippen LogP contribution is -2.42. The van der Waals surface area contributed by atoms with Crippen LogP contribution in [-0.2, 0) is 10.2 Å². The molecule has 1 atom stereocenters. The lowest BCUT2D eigenvalue weighted by molar-refractivity contribution is -0.139. The van der Waals surface area contributed by atoms with Crippen LogP contribution in [0, 0.1) is 0 Å². The molecule has 0 aliphatic carbocycles. The molecule has 1 heterocycles. The molecule has 126 valence electrons. The maximum atomic E-state index is 10.8. The van der Waals surface area contributed by atoms with E-state index >= 15 is 0 Å². The summed E-state index contributed by atoms with van der Waals surface area (Å²) in [5.74, 6) is -0.470. The van der Waals surface area contributed by atoms with E-state index in [0.717, 1.165) is 17.7 Å². The second-order valence-electron chi connectivity index (χ2n) is 6.65. The standard InChI is InChI=1S/C19H20ClNO3/c1-19(2)11-21-18(13-5-3-4-6-15(13)19)14-9-12(20)7-8-16(14)24-10-17(22)23/h3-9,18,21H,10-11H2,1-2H3,(H,22,23). The Bertz CT molecular complexity index is 773. The Kier molecular flexibility index (Phi) is 4.52. The van der Waals surface area contributed by atoms with Crippen molar-refractivity contribution in [3.63, 3.8) is 0 Å². The highest BCUT2D eigenvalue weighted by Crippen LogP contribution is 2.40. The summed E-state index contributed by atoms with van der Waals surface area (Å²) in [7, 11) is 0. The van der Waals surface area contributed by atoms with Gasteiger partial charge in [-0.3, -0.25) is 0 Å².